The highest BCUT2D eigenvalue weighted by molar-refractivity contribution is 7.18. The molecule has 3 fully saturated rings. The van der Waals surface area contributed by atoms with Crippen molar-refractivity contribution in [3.8, 4) is 17.0 Å². The van der Waals surface area contributed by atoms with Gasteiger partial charge in [0.1, 0.15) is 39.2 Å². The number of hydrogen-bond acceptors (Lipinski definition) is 10. The number of aromatic nitrogens is 5. The molecule has 41 heavy (non-hydrogen) atoms. The summed E-state index contributed by atoms with van der Waals surface area (Å²) in [5, 5.41) is 4.50. The number of rotatable bonds is 6. The Morgan fingerprint density at radius 1 is 1.15 bits per heavy atom. The fourth-order valence-corrected chi connectivity index (χ4v) is 8.38. The summed E-state index contributed by atoms with van der Waals surface area (Å²) >= 11 is 8.11. The maximum absolute atomic E-state index is 12.5. The van der Waals surface area contributed by atoms with Crippen molar-refractivity contribution >= 4 is 45.9 Å². The molecule has 13 heteroatoms. The zero-order valence-corrected chi connectivity index (χ0v) is 24.3. The SMILES string of the molecule is CN1C2CCC1CC(Oc1c(C(N)=O)sc(Cl)c1C1CCCN(c3cc(-c4cncnc4)n4ncnc(N)c34)C1)C2. The number of piperidine rings is 2. The number of carbonyl (C=O) groups is 1. The number of anilines is 2. The molecular formula is C28H32ClN9O2S. The molecule has 0 saturated carbocycles. The van der Waals surface area contributed by atoms with E-state index in [9.17, 15) is 4.79 Å². The van der Waals surface area contributed by atoms with Crippen molar-refractivity contribution in [2.45, 2.75) is 62.6 Å². The van der Waals surface area contributed by atoms with Crippen LogP contribution in [0.4, 0.5) is 11.5 Å². The number of thiophene rings is 1. The molecule has 4 N–H and O–H groups in total. The lowest BCUT2D eigenvalue weighted by Gasteiger charge is -2.37. The van der Waals surface area contributed by atoms with Gasteiger partial charge in [0.2, 0.25) is 0 Å². The summed E-state index contributed by atoms with van der Waals surface area (Å²) in [6.07, 6.45) is 12.6. The molecule has 0 aromatic carbocycles. The van der Waals surface area contributed by atoms with Gasteiger partial charge in [0.05, 0.1) is 11.4 Å². The lowest BCUT2D eigenvalue weighted by atomic mass is 9.91. The number of hydrogen-bond donors (Lipinski definition) is 2. The van der Waals surface area contributed by atoms with Gasteiger partial charge in [0.15, 0.2) is 5.82 Å². The first-order valence-corrected chi connectivity index (χ1v) is 15.2. The van der Waals surface area contributed by atoms with Crippen LogP contribution in [0.25, 0.3) is 16.8 Å². The number of halogens is 1. The van der Waals surface area contributed by atoms with Crippen LogP contribution in [-0.2, 0) is 0 Å². The largest absolute Gasteiger partial charge is 0.488 e. The Bertz CT molecular complexity index is 1600. The third-order valence-electron chi connectivity index (χ3n) is 9.01. The van der Waals surface area contributed by atoms with Crippen LogP contribution in [0.2, 0.25) is 4.34 Å². The number of amides is 1. The number of nitrogen functional groups attached to an aromatic ring is 1. The van der Waals surface area contributed by atoms with Crippen LogP contribution in [0.15, 0.2) is 31.1 Å². The topological polar surface area (TPSA) is 141 Å². The van der Waals surface area contributed by atoms with E-state index in [0.717, 1.165) is 60.3 Å². The Balaban J connectivity index is 1.23. The van der Waals surface area contributed by atoms with Crippen molar-refractivity contribution < 1.29 is 9.53 Å². The monoisotopic (exact) mass is 593 g/mol. The molecule has 214 valence electrons. The molecule has 3 saturated heterocycles. The highest BCUT2D eigenvalue weighted by Crippen LogP contribution is 2.48. The van der Waals surface area contributed by atoms with Gasteiger partial charge in [-0.25, -0.2) is 19.5 Å². The number of fused-ring (bicyclic) bond motifs is 3. The van der Waals surface area contributed by atoms with E-state index < -0.39 is 5.91 Å². The van der Waals surface area contributed by atoms with E-state index in [0.29, 0.717) is 39.4 Å². The van der Waals surface area contributed by atoms with Crippen LogP contribution >= 0.6 is 22.9 Å². The molecule has 2 bridgehead atoms. The van der Waals surface area contributed by atoms with Gasteiger partial charge in [0, 0.05) is 54.6 Å². The van der Waals surface area contributed by atoms with Crippen LogP contribution in [0.1, 0.15) is 59.7 Å². The second-order valence-electron chi connectivity index (χ2n) is 11.3. The number of carbonyl (C=O) groups excluding carboxylic acids is 1. The molecule has 0 spiro atoms. The summed E-state index contributed by atoms with van der Waals surface area (Å²) in [5.41, 5.74) is 16.5. The predicted octanol–water partition coefficient (Wildman–Crippen LogP) is 3.97. The quantitative estimate of drug-likeness (QED) is 0.340. The summed E-state index contributed by atoms with van der Waals surface area (Å²) < 4.78 is 9.07. The number of nitrogens with two attached hydrogens (primary N) is 2. The van der Waals surface area contributed by atoms with Crippen molar-refractivity contribution in [2.75, 3.05) is 30.8 Å². The van der Waals surface area contributed by atoms with Crippen molar-refractivity contribution in [3.05, 3.63) is 45.9 Å². The maximum atomic E-state index is 12.5. The molecule has 7 rings (SSSR count). The standard InChI is InChI=1S/C28H32ClN9O2S/c1-36-17-4-5-18(36)8-19(7-17)40-24-22(26(29)41-25(24)28(31)39)15-3-2-6-37(12-15)21-9-20(16-10-32-13-33-11-16)38-23(21)27(30)34-14-35-38/h9-11,13-15,17-19H,2-8,12H2,1H3,(H2,31,39)(H2,30,34,35). The molecule has 3 aliphatic heterocycles. The highest BCUT2D eigenvalue weighted by Gasteiger charge is 2.41. The lowest BCUT2D eigenvalue weighted by molar-refractivity contribution is 0.0646. The Morgan fingerprint density at radius 2 is 1.90 bits per heavy atom. The average molecular weight is 594 g/mol. The predicted molar refractivity (Wildman–Crippen MR) is 159 cm³/mol. The molecular weight excluding hydrogens is 562 g/mol. The van der Waals surface area contributed by atoms with E-state index in [2.05, 4.69) is 43.0 Å². The number of primary amides is 1. The first-order valence-electron chi connectivity index (χ1n) is 14.0. The third-order valence-corrected chi connectivity index (χ3v) is 10.4. The smallest absolute Gasteiger partial charge is 0.262 e. The molecule has 4 aromatic heterocycles. The van der Waals surface area contributed by atoms with Gasteiger partial charge in [0.25, 0.3) is 5.91 Å². The first kappa shape index (κ1) is 26.4. The summed E-state index contributed by atoms with van der Waals surface area (Å²) in [7, 11) is 2.20. The summed E-state index contributed by atoms with van der Waals surface area (Å²) in [6.45, 7) is 1.50. The molecule has 11 nitrogen and oxygen atoms in total. The van der Waals surface area contributed by atoms with Crippen LogP contribution in [0.5, 0.6) is 5.75 Å². The van der Waals surface area contributed by atoms with E-state index in [1.165, 1.54) is 36.8 Å². The minimum absolute atomic E-state index is 0.0360. The minimum atomic E-state index is -0.500. The minimum Gasteiger partial charge on any atom is -0.488 e. The van der Waals surface area contributed by atoms with E-state index in [4.69, 9.17) is 27.8 Å². The summed E-state index contributed by atoms with van der Waals surface area (Å²) in [6, 6.07) is 3.09. The summed E-state index contributed by atoms with van der Waals surface area (Å²) in [5.74, 6) is 0.522. The van der Waals surface area contributed by atoms with Gasteiger partial charge in [-0.15, -0.1) is 11.3 Å². The van der Waals surface area contributed by atoms with Crippen molar-refractivity contribution in [3.63, 3.8) is 0 Å². The molecule has 3 unspecified atom stereocenters. The molecule has 3 atom stereocenters. The van der Waals surface area contributed by atoms with E-state index in [-0.39, 0.29) is 12.0 Å². The Morgan fingerprint density at radius 3 is 2.63 bits per heavy atom. The molecule has 3 aliphatic rings. The average Bonchev–Trinajstić information content (AvgIpc) is 3.58. The molecule has 1 amide bonds. The molecule has 4 aromatic rings. The van der Waals surface area contributed by atoms with Crippen LogP contribution in [0, 0.1) is 0 Å². The van der Waals surface area contributed by atoms with Crippen molar-refractivity contribution in [1.29, 1.82) is 0 Å². The van der Waals surface area contributed by atoms with Gasteiger partial charge < -0.3 is 26.0 Å². The zero-order valence-electron chi connectivity index (χ0n) is 22.7. The molecule has 0 aliphatic carbocycles. The Labute approximate surface area is 246 Å². The fourth-order valence-electron chi connectivity index (χ4n) is 7.01. The van der Waals surface area contributed by atoms with E-state index >= 15 is 0 Å². The number of nitrogens with zero attached hydrogens (tertiary/aromatic N) is 7. The van der Waals surface area contributed by atoms with Gasteiger partial charge in [-0.05, 0) is 51.6 Å². The van der Waals surface area contributed by atoms with Gasteiger partial charge >= 0.3 is 0 Å². The van der Waals surface area contributed by atoms with Gasteiger partial charge in [-0.2, -0.15) is 5.10 Å². The fraction of sp³-hybridized carbons (Fsp3) is 0.464. The maximum Gasteiger partial charge on any atom is 0.262 e. The van der Waals surface area contributed by atoms with Crippen molar-refractivity contribution in [1.82, 2.24) is 29.5 Å². The molecule has 7 heterocycles. The van der Waals surface area contributed by atoms with Crippen LogP contribution in [-0.4, -0.2) is 73.7 Å². The van der Waals surface area contributed by atoms with E-state index in [1.807, 2.05) is 0 Å². The number of ether oxygens (including phenoxy) is 1. The lowest BCUT2D eigenvalue weighted by Crippen LogP contribution is -2.44. The normalized spacial score (nSPS) is 24.7. The van der Waals surface area contributed by atoms with Crippen molar-refractivity contribution in [2.24, 2.45) is 5.73 Å². The van der Waals surface area contributed by atoms with Gasteiger partial charge in [-0.1, -0.05) is 11.6 Å². The van der Waals surface area contributed by atoms with Crippen LogP contribution in [0.3, 0.4) is 0 Å². The highest BCUT2D eigenvalue weighted by atomic mass is 35.5. The zero-order chi connectivity index (χ0) is 28.2. The Kier molecular flexibility index (Phi) is 6.71. The van der Waals surface area contributed by atoms with E-state index in [1.54, 1.807) is 16.9 Å². The second-order valence-corrected chi connectivity index (χ2v) is 12.9. The Hall–Kier alpha value is -3.48. The first-order chi connectivity index (χ1) is 19.9. The molecule has 0 radical (unpaired) electrons. The second kappa shape index (κ2) is 10.4. The van der Waals surface area contributed by atoms with Crippen LogP contribution < -0.4 is 21.1 Å². The summed E-state index contributed by atoms with van der Waals surface area (Å²) in [4.78, 5) is 30.4. The van der Waals surface area contributed by atoms with Gasteiger partial charge in [-0.3, -0.25) is 4.79 Å². The third kappa shape index (κ3) is 4.58.